The van der Waals surface area contributed by atoms with E-state index in [0.717, 1.165) is 41.8 Å². The normalized spacial score (nSPS) is 16.7. The molecule has 2 heterocycles. The standard InChI is InChI=1S/C21H22N2O4/c1-25-14-9-10-16(20(12-14)26-2)18-7-5-11-23(18)21(24)13-17-15-6-3-4-8-19(15)27-22-17/h3-4,6,8-10,12,18H,5,7,11,13H2,1-2H3/t18-/m1/s1. The summed E-state index contributed by atoms with van der Waals surface area (Å²) in [6.45, 7) is 0.731. The fourth-order valence-electron chi connectivity index (χ4n) is 3.79. The molecule has 0 N–H and O–H groups in total. The van der Waals surface area contributed by atoms with Crippen LogP contribution in [0, 0.1) is 0 Å². The zero-order valence-electron chi connectivity index (χ0n) is 15.5. The number of nitrogens with zero attached hydrogens (tertiary/aromatic N) is 2. The van der Waals surface area contributed by atoms with Crippen LogP contribution in [0.4, 0.5) is 0 Å². The number of methoxy groups -OCH3 is 2. The number of hydrogen-bond donors (Lipinski definition) is 0. The summed E-state index contributed by atoms with van der Waals surface area (Å²) in [5.41, 5.74) is 2.40. The lowest BCUT2D eigenvalue weighted by atomic mass is 10.0. The Morgan fingerprint density at radius 1 is 1.22 bits per heavy atom. The molecule has 1 aromatic heterocycles. The van der Waals surface area contributed by atoms with E-state index in [1.54, 1.807) is 14.2 Å². The number of rotatable bonds is 5. The fourth-order valence-corrected chi connectivity index (χ4v) is 3.79. The Morgan fingerprint density at radius 3 is 2.89 bits per heavy atom. The van der Waals surface area contributed by atoms with Crippen LogP contribution >= 0.6 is 0 Å². The Labute approximate surface area is 157 Å². The van der Waals surface area contributed by atoms with Crippen molar-refractivity contribution in [3.8, 4) is 11.5 Å². The van der Waals surface area contributed by atoms with Gasteiger partial charge < -0.3 is 18.9 Å². The quantitative estimate of drug-likeness (QED) is 0.688. The van der Waals surface area contributed by atoms with Crippen molar-refractivity contribution in [1.82, 2.24) is 10.1 Å². The molecule has 0 saturated carbocycles. The van der Waals surface area contributed by atoms with E-state index >= 15 is 0 Å². The van der Waals surface area contributed by atoms with Gasteiger partial charge in [-0.05, 0) is 37.1 Å². The summed E-state index contributed by atoms with van der Waals surface area (Å²) >= 11 is 0. The Hall–Kier alpha value is -3.02. The number of amides is 1. The minimum absolute atomic E-state index is 0.00322. The highest BCUT2D eigenvalue weighted by Crippen LogP contribution is 2.39. The molecule has 4 rings (SSSR count). The Balaban J connectivity index is 1.59. The highest BCUT2D eigenvalue weighted by Gasteiger charge is 2.32. The maximum Gasteiger partial charge on any atom is 0.229 e. The Bertz CT molecular complexity index is 966. The second kappa shape index (κ2) is 7.31. The van der Waals surface area contributed by atoms with E-state index in [9.17, 15) is 4.79 Å². The first kappa shape index (κ1) is 17.4. The molecule has 27 heavy (non-hydrogen) atoms. The molecule has 0 radical (unpaired) electrons. The van der Waals surface area contributed by atoms with Crippen LogP contribution in [0.3, 0.4) is 0 Å². The number of ether oxygens (including phenoxy) is 2. The van der Waals surface area contributed by atoms with Crippen molar-refractivity contribution in [2.24, 2.45) is 0 Å². The monoisotopic (exact) mass is 366 g/mol. The molecule has 3 aromatic rings. The van der Waals surface area contributed by atoms with Crippen LogP contribution in [0.15, 0.2) is 47.0 Å². The molecule has 1 atom stereocenters. The zero-order chi connectivity index (χ0) is 18.8. The van der Waals surface area contributed by atoms with E-state index in [1.807, 2.05) is 47.4 Å². The predicted octanol–water partition coefficient (Wildman–Crippen LogP) is 3.75. The van der Waals surface area contributed by atoms with Crippen LogP contribution in [-0.4, -0.2) is 36.7 Å². The largest absolute Gasteiger partial charge is 0.497 e. The van der Waals surface area contributed by atoms with E-state index < -0.39 is 0 Å². The first-order valence-electron chi connectivity index (χ1n) is 9.06. The highest BCUT2D eigenvalue weighted by atomic mass is 16.5. The molecule has 0 bridgehead atoms. The smallest absolute Gasteiger partial charge is 0.229 e. The van der Waals surface area contributed by atoms with Gasteiger partial charge in [-0.1, -0.05) is 17.3 Å². The van der Waals surface area contributed by atoms with Gasteiger partial charge in [0.1, 0.15) is 17.2 Å². The summed E-state index contributed by atoms with van der Waals surface area (Å²) in [6, 6.07) is 13.4. The molecule has 6 heteroatoms. The summed E-state index contributed by atoms with van der Waals surface area (Å²) in [5.74, 6) is 1.53. The first-order chi connectivity index (χ1) is 13.2. The zero-order valence-corrected chi connectivity index (χ0v) is 15.5. The molecule has 140 valence electrons. The van der Waals surface area contributed by atoms with Gasteiger partial charge in [0.2, 0.25) is 5.91 Å². The molecule has 0 unspecified atom stereocenters. The minimum Gasteiger partial charge on any atom is -0.497 e. The number of likely N-dealkylation sites (tertiary alicyclic amines) is 1. The van der Waals surface area contributed by atoms with Crippen LogP contribution in [0.2, 0.25) is 0 Å². The molecule has 1 aliphatic heterocycles. The maximum absolute atomic E-state index is 13.0. The van der Waals surface area contributed by atoms with Gasteiger partial charge in [0.15, 0.2) is 5.58 Å². The number of para-hydroxylation sites is 1. The van der Waals surface area contributed by atoms with Crippen molar-refractivity contribution in [1.29, 1.82) is 0 Å². The molecule has 0 spiro atoms. The van der Waals surface area contributed by atoms with E-state index in [-0.39, 0.29) is 18.4 Å². The average Bonchev–Trinajstić information content (AvgIpc) is 3.35. The minimum atomic E-state index is -0.00322. The van der Waals surface area contributed by atoms with Gasteiger partial charge in [-0.25, -0.2) is 0 Å². The lowest BCUT2D eigenvalue weighted by Gasteiger charge is -2.26. The van der Waals surface area contributed by atoms with Gasteiger partial charge in [-0.3, -0.25) is 4.79 Å². The molecule has 1 fully saturated rings. The van der Waals surface area contributed by atoms with Gasteiger partial charge in [-0.15, -0.1) is 0 Å². The summed E-state index contributed by atoms with van der Waals surface area (Å²) < 4.78 is 16.2. The highest BCUT2D eigenvalue weighted by molar-refractivity contribution is 5.86. The van der Waals surface area contributed by atoms with Crippen LogP contribution in [0.5, 0.6) is 11.5 Å². The maximum atomic E-state index is 13.0. The third-order valence-electron chi connectivity index (χ3n) is 5.14. The molecule has 1 saturated heterocycles. The van der Waals surface area contributed by atoms with Gasteiger partial charge in [0.25, 0.3) is 0 Å². The number of fused-ring (bicyclic) bond motifs is 1. The lowest BCUT2D eigenvalue weighted by Crippen LogP contribution is -2.32. The number of carbonyl (C=O) groups is 1. The number of carbonyl (C=O) groups excluding carboxylic acids is 1. The van der Waals surface area contributed by atoms with Crippen LogP contribution < -0.4 is 9.47 Å². The second-order valence-electron chi connectivity index (χ2n) is 6.66. The number of aromatic nitrogens is 1. The van der Waals surface area contributed by atoms with Crippen molar-refractivity contribution in [3.63, 3.8) is 0 Å². The van der Waals surface area contributed by atoms with E-state index in [4.69, 9.17) is 14.0 Å². The Kier molecular flexibility index (Phi) is 4.71. The number of hydrogen-bond acceptors (Lipinski definition) is 5. The van der Waals surface area contributed by atoms with Gasteiger partial charge >= 0.3 is 0 Å². The summed E-state index contributed by atoms with van der Waals surface area (Å²) in [6.07, 6.45) is 2.10. The third kappa shape index (κ3) is 3.23. The predicted molar refractivity (Wildman–Crippen MR) is 101 cm³/mol. The van der Waals surface area contributed by atoms with Crippen molar-refractivity contribution in [3.05, 3.63) is 53.7 Å². The van der Waals surface area contributed by atoms with Crippen molar-refractivity contribution in [2.45, 2.75) is 25.3 Å². The second-order valence-corrected chi connectivity index (χ2v) is 6.66. The SMILES string of the molecule is COc1ccc([C@H]2CCCN2C(=O)Cc2noc3ccccc23)c(OC)c1. The molecule has 1 aliphatic rings. The van der Waals surface area contributed by atoms with Gasteiger partial charge in [-0.2, -0.15) is 0 Å². The van der Waals surface area contributed by atoms with Crippen LogP contribution in [0.25, 0.3) is 11.0 Å². The lowest BCUT2D eigenvalue weighted by molar-refractivity contribution is -0.131. The molecule has 6 nitrogen and oxygen atoms in total. The van der Waals surface area contributed by atoms with E-state index in [0.29, 0.717) is 11.3 Å². The summed E-state index contributed by atoms with van der Waals surface area (Å²) in [4.78, 5) is 15.0. The van der Waals surface area contributed by atoms with Crippen molar-refractivity contribution < 1.29 is 18.8 Å². The number of benzene rings is 2. The topological polar surface area (TPSA) is 64.8 Å². The fraction of sp³-hybridized carbons (Fsp3) is 0.333. The van der Waals surface area contributed by atoms with Crippen LogP contribution in [0.1, 0.15) is 30.1 Å². The summed E-state index contributed by atoms with van der Waals surface area (Å²) in [7, 11) is 3.27. The van der Waals surface area contributed by atoms with E-state index in [2.05, 4.69) is 5.16 Å². The van der Waals surface area contributed by atoms with Crippen LogP contribution in [-0.2, 0) is 11.2 Å². The first-order valence-corrected chi connectivity index (χ1v) is 9.06. The molecular weight excluding hydrogens is 344 g/mol. The molecule has 0 aliphatic carbocycles. The summed E-state index contributed by atoms with van der Waals surface area (Å²) in [5, 5.41) is 4.99. The molecule has 2 aromatic carbocycles. The van der Waals surface area contributed by atoms with E-state index in [1.165, 1.54) is 0 Å². The molecular formula is C21H22N2O4. The average molecular weight is 366 g/mol. The molecule has 1 amide bonds. The van der Waals surface area contributed by atoms with Gasteiger partial charge in [0, 0.05) is 23.6 Å². The Morgan fingerprint density at radius 2 is 2.07 bits per heavy atom. The van der Waals surface area contributed by atoms with Crippen molar-refractivity contribution >= 4 is 16.9 Å². The third-order valence-corrected chi connectivity index (χ3v) is 5.14. The van der Waals surface area contributed by atoms with Gasteiger partial charge in [0.05, 0.1) is 26.7 Å². The van der Waals surface area contributed by atoms with Crippen molar-refractivity contribution in [2.75, 3.05) is 20.8 Å².